The van der Waals surface area contributed by atoms with E-state index in [-0.39, 0.29) is 17.4 Å². The fraction of sp³-hybridized carbons (Fsp3) is 0.222. The van der Waals surface area contributed by atoms with Crippen LogP contribution in [-0.4, -0.2) is 41.5 Å². The molecule has 0 aromatic heterocycles. The van der Waals surface area contributed by atoms with E-state index in [0.29, 0.717) is 48.6 Å². The minimum absolute atomic E-state index is 0.0334. The number of hydrogen-bond donors (Lipinski definition) is 1. The van der Waals surface area contributed by atoms with Gasteiger partial charge in [0.2, 0.25) is 0 Å². The summed E-state index contributed by atoms with van der Waals surface area (Å²) < 4.78 is 17.6. The van der Waals surface area contributed by atoms with E-state index < -0.39 is 17.7 Å². The van der Waals surface area contributed by atoms with Gasteiger partial charge < -0.3 is 24.2 Å². The monoisotopic (exact) mass is 575 g/mol. The zero-order chi connectivity index (χ0) is 29.9. The van der Waals surface area contributed by atoms with Crippen LogP contribution >= 0.6 is 0 Å². The Morgan fingerprint density at radius 2 is 1.63 bits per heavy atom. The Labute approximate surface area is 250 Å². The van der Waals surface area contributed by atoms with E-state index in [9.17, 15) is 14.7 Å². The van der Waals surface area contributed by atoms with Gasteiger partial charge in [0, 0.05) is 18.5 Å². The van der Waals surface area contributed by atoms with Crippen LogP contribution in [0.3, 0.4) is 0 Å². The number of rotatable bonds is 9. The van der Waals surface area contributed by atoms with Gasteiger partial charge in [-0.15, -0.1) is 0 Å². The molecular formula is C36H33NO6. The maximum absolute atomic E-state index is 13.6. The summed E-state index contributed by atoms with van der Waals surface area (Å²) in [5.74, 6) is 0.180. The summed E-state index contributed by atoms with van der Waals surface area (Å²) in [4.78, 5) is 28.7. The van der Waals surface area contributed by atoms with Crippen LogP contribution in [0, 0.1) is 0 Å². The van der Waals surface area contributed by atoms with Crippen molar-refractivity contribution in [1.82, 2.24) is 4.90 Å². The molecule has 4 aromatic rings. The van der Waals surface area contributed by atoms with Crippen LogP contribution in [-0.2, 0) is 29.0 Å². The molecule has 6 rings (SSSR count). The molecule has 0 radical (unpaired) electrons. The Hall–Kier alpha value is -5.04. The third-order valence-electron chi connectivity index (χ3n) is 7.93. The number of ketones is 1. The van der Waals surface area contributed by atoms with Crippen LogP contribution in [0.1, 0.15) is 40.8 Å². The first-order valence-corrected chi connectivity index (χ1v) is 14.4. The van der Waals surface area contributed by atoms with Crippen LogP contribution in [0.2, 0.25) is 0 Å². The Balaban J connectivity index is 1.39. The molecule has 2 aliphatic rings. The van der Waals surface area contributed by atoms with Crippen molar-refractivity contribution in [3.63, 3.8) is 0 Å². The van der Waals surface area contributed by atoms with Crippen molar-refractivity contribution in [1.29, 1.82) is 0 Å². The smallest absolute Gasteiger partial charge is 0.295 e. The van der Waals surface area contributed by atoms with Gasteiger partial charge in [0.25, 0.3) is 11.7 Å². The van der Waals surface area contributed by atoms with E-state index in [1.165, 1.54) is 0 Å². The molecule has 1 amide bonds. The molecule has 0 saturated carbocycles. The number of benzene rings is 4. The molecule has 0 bridgehead atoms. The lowest BCUT2D eigenvalue weighted by atomic mass is 9.94. The topological polar surface area (TPSA) is 85.3 Å². The van der Waals surface area contributed by atoms with Gasteiger partial charge in [-0.05, 0) is 65.9 Å². The van der Waals surface area contributed by atoms with Crippen molar-refractivity contribution in [3.05, 3.63) is 130 Å². The van der Waals surface area contributed by atoms with Crippen molar-refractivity contribution in [2.75, 3.05) is 13.7 Å². The highest BCUT2D eigenvalue weighted by Crippen LogP contribution is 2.43. The Morgan fingerprint density at radius 1 is 0.907 bits per heavy atom. The molecule has 1 N–H and O–H groups in total. The van der Waals surface area contributed by atoms with Gasteiger partial charge in [-0.3, -0.25) is 9.59 Å². The van der Waals surface area contributed by atoms with Crippen molar-refractivity contribution in [2.24, 2.45) is 0 Å². The first-order valence-electron chi connectivity index (χ1n) is 14.4. The van der Waals surface area contributed by atoms with Crippen molar-refractivity contribution < 1.29 is 28.9 Å². The van der Waals surface area contributed by atoms with Crippen LogP contribution in [0.15, 0.2) is 103 Å². The molecule has 2 atom stereocenters. The zero-order valence-corrected chi connectivity index (χ0v) is 24.2. The number of aliphatic hydroxyl groups is 1. The molecule has 7 heteroatoms. The highest BCUT2D eigenvalue weighted by Gasteiger charge is 2.46. The second-order valence-electron chi connectivity index (χ2n) is 10.9. The molecule has 0 aliphatic carbocycles. The lowest BCUT2D eigenvalue weighted by molar-refractivity contribution is -0.139. The number of amides is 1. The lowest BCUT2D eigenvalue weighted by Crippen LogP contribution is -2.31. The standard InChI is InChI=1S/C36H33NO6/c1-23-19-28-20-27(14-15-29(28)43-23)34(38)32-33(37(36(40)35(32)39)18-17-24-9-5-3-6-10-24)26-13-16-30(31(21-26)41-2)42-22-25-11-7-4-8-12-25/h3-16,20-21,23,33,38H,17-19,22H2,1-2H3/t23-,33+/m0/s1. The Kier molecular flexibility index (Phi) is 7.88. The molecule has 1 fully saturated rings. The van der Waals surface area contributed by atoms with Crippen molar-refractivity contribution in [2.45, 2.75) is 38.5 Å². The van der Waals surface area contributed by atoms with Gasteiger partial charge in [-0.1, -0.05) is 66.7 Å². The minimum Gasteiger partial charge on any atom is -0.507 e. The quantitative estimate of drug-likeness (QED) is 0.144. The van der Waals surface area contributed by atoms with Crippen LogP contribution in [0.4, 0.5) is 0 Å². The van der Waals surface area contributed by atoms with E-state index >= 15 is 0 Å². The summed E-state index contributed by atoms with van der Waals surface area (Å²) in [6.45, 7) is 2.63. The number of carbonyl (C=O) groups is 2. The van der Waals surface area contributed by atoms with E-state index in [2.05, 4.69) is 0 Å². The van der Waals surface area contributed by atoms with Crippen LogP contribution in [0.5, 0.6) is 17.2 Å². The average molecular weight is 576 g/mol. The number of ether oxygens (including phenoxy) is 3. The van der Waals surface area contributed by atoms with E-state index in [4.69, 9.17) is 14.2 Å². The predicted octanol–water partition coefficient (Wildman–Crippen LogP) is 6.26. The zero-order valence-electron chi connectivity index (χ0n) is 24.2. The number of hydrogen-bond acceptors (Lipinski definition) is 6. The molecule has 2 heterocycles. The second kappa shape index (κ2) is 12.1. The van der Waals surface area contributed by atoms with E-state index in [0.717, 1.165) is 22.4 Å². The second-order valence-corrected chi connectivity index (χ2v) is 10.9. The maximum atomic E-state index is 13.6. The molecule has 0 spiro atoms. The normalized spacial score (nSPS) is 18.8. The van der Waals surface area contributed by atoms with E-state index in [1.54, 1.807) is 36.3 Å². The minimum atomic E-state index is -0.816. The number of fused-ring (bicyclic) bond motifs is 1. The fourth-order valence-corrected chi connectivity index (χ4v) is 5.79. The largest absolute Gasteiger partial charge is 0.507 e. The fourth-order valence-electron chi connectivity index (χ4n) is 5.79. The highest BCUT2D eigenvalue weighted by atomic mass is 16.5. The van der Waals surface area contributed by atoms with E-state index in [1.807, 2.05) is 79.7 Å². The molecular weight excluding hydrogens is 542 g/mol. The maximum Gasteiger partial charge on any atom is 0.295 e. The van der Waals surface area contributed by atoms with Crippen molar-refractivity contribution >= 4 is 17.4 Å². The number of aliphatic hydroxyl groups excluding tert-OH is 1. The van der Waals surface area contributed by atoms with Gasteiger partial charge >= 0.3 is 0 Å². The van der Waals surface area contributed by atoms with Gasteiger partial charge in [0.05, 0.1) is 18.7 Å². The molecule has 218 valence electrons. The molecule has 0 unspecified atom stereocenters. The molecule has 4 aromatic carbocycles. The van der Waals surface area contributed by atoms with Gasteiger partial charge in [-0.25, -0.2) is 0 Å². The first kappa shape index (κ1) is 28.1. The van der Waals surface area contributed by atoms with Crippen LogP contribution < -0.4 is 14.2 Å². The van der Waals surface area contributed by atoms with Crippen molar-refractivity contribution in [3.8, 4) is 17.2 Å². The third-order valence-corrected chi connectivity index (χ3v) is 7.93. The third kappa shape index (κ3) is 5.71. The Morgan fingerprint density at radius 3 is 2.35 bits per heavy atom. The summed E-state index contributed by atoms with van der Waals surface area (Å²) in [7, 11) is 1.55. The predicted molar refractivity (Wildman–Crippen MR) is 163 cm³/mol. The number of carbonyl (C=O) groups excluding carboxylic acids is 2. The summed E-state index contributed by atoms with van der Waals surface area (Å²) in [6.07, 6.45) is 1.28. The first-order chi connectivity index (χ1) is 20.9. The SMILES string of the molecule is COc1cc([C@@H]2C(=C(O)c3ccc4c(c3)C[C@H](C)O4)C(=O)C(=O)N2CCc2ccccc2)ccc1OCc1ccccc1. The Bertz CT molecular complexity index is 1680. The van der Waals surface area contributed by atoms with Gasteiger partial charge in [0.15, 0.2) is 11.5 Å². The lowest BCUT2D eigenvalue weighted by Gasteiger charge is -2.26. The number of likely N-dealkylation sites (tertiary alicyclic amines) is 1. The molecule has 43 heavy (non-hydrogen) atoms. The van der Waals surface area contributed by atoms with Gasteiger partial charge in [-0.2, -0.15) is 0 Å². The molecule has 1 saturated heterocycles. The number of Topliss-reactive ketones (excluding diaryl/α,β-unsaturated/α-hetero) is 1. The number of methoxy groups -OCH3 is 1. The molecule has 2 aliphatic heterocycles. The summed E-state index contributed by atoms with van der Waals surface area (Å²) in [6, 6.07) is 29.5. The van der Waals surface area contributed by atoms with Crippen LogP contribution in [0.25, 0.3) is 5.76 Å². The van der Waals surface area contributed by atoms with Gasteiger partial charge in [0.1, 0.15) is 24.2 Å². The molecule has 7 nitrogen and oxygen atoms in total. The number of nitrogens with zero attached hydrogens (tertiary/aromatic N) is 1. The summed E-state index contributed by atoms with van der Waals surface area (Å²) in [5.41, 5.74) is 4.15. The average Bonchev–Trinajstić information content (AvgIpc) is 3.54. The summed E-state index contributed by atoms with van der Waals surface area (Å²) >= 11 is 0. The highest BCUT2D eigenvalue weighted by molar-refractivity contribution is 6.46. The summed E-state index contributed by atoms with van der Waals surface area (Å²) in [5, 5.41) is 11.6.